The SMILES string of the molecule is O=[C]=[Re](=[C]=O)=[C]=O.c1ccc(-c2ccccn2)nc1. The molecule has 0 aliphatic rings. The van der Waals surface area contributed by atoms with Crippen LogP contribution in [0.4, 0.5) is 0 Å². The quantitative estimate of drug-likeness (QED) is 0.679. The topological polar surface area (TPSA) is 77.0 Å². The zero-order valence-electron chi connectivity index (χ0n) is 9.62. The Morgan fingerprint density at radius 2 is 1.16 bits per heavy atom. The fourth-order valence-electron chi connectivity index (χ4n) is 1.08. The Balaban J connectivity index is 0.000000224. The second kappa shape index (κ2) is 8.74. The standard InChI is InChI=1S/C10H8N2.3CO.Re/c1-3-7-11-9(5-1)10-6-2-4-8-12-10;3*1-2;/h1-8H;;;;. The summed E-state index contributed by atoms with van der Waals surface area (Å²) in [7, 11) is 0. The summed E-state index contributed by atoms with van der Waals surface area (Å²) in [6, 6.07) is 11.6. The van der Waals surface area contributed by atoms with Gasteiger partial charge in [0.2, 0.25) is 0 Å². The molecule has 2 aromatic heterocycles. The van der Waals surface area contributed by atoms with Crippen LogP contribution in [-0.2, 0) is 29.8 Å². The Labute approximate surface area is 113 Å². The molecule has 0 radical (unpaired) electrons. The summed E-state index contributed by atoms with van der Waals surface area (Å²) in [5.41, 5.74) is 1.83. The van der Waals surface area contributed by atoms with Gasteiger partial charge >= 0.3 is 42.8 Å². The van der Waals surface area contributed by atoms with Gasteiger partial charge in [0, 0.05) is 12.4 Å². The molecule has 5 nitrogen and oxygen atoms in total. The fraction of sp³-hybridized carbons (Fsp3) is 0. The largest absolute Gasteiger partial charge is 0.255 e. The summed E-state index contributed by atoms with van der Waals surface area (Å²) < 4.78 is 3.87. The molecule has 95 valence electrons. The number of hydrogen-bond donors (Lipinski definition) is 0. The van der Waals surface area contributed by atoms with Gasteiger partial charge in [-0.15, -0.1) is 0 Å². The molecule has 0 saturated heterocycles. The van der Waals surface area contributed by atoms with Gasteiger partial charge in [-0.3, -0.25) is 9.97 Å². The van der Waals surface area contributed by atoms with Crippen molar-refractivity contribution < 1.29 is 29.8 Å². The molecule has 0 aliphatic carbocycles. The monoisotopic (exact) mass is 427 g/mol. The van der Waals surface area contributed by atoms with Crippen LogP contribution in [0.15, 0.2) is 48.8 Å². The molecular weight excluding hydrogens is 418 g/mol. The number of aromatic nitrogens is 2. The summed E-state index contributed by atoms with van der Waals surface area (Å²) in [5.74, 6) is 0. The first-order valence-electron chi connectivity index (χ1n) is 4.97. The Morgan fingerprint density at radius 1 is 0.737 bits per heavy atom. The summed E-state index contributed by atoms with van der Waals surface area (Å²) >= 11 is -2.97. The number of hydrogen-bond acceptors (Lipinski definition) is 5. The Bertz CT molecular complexity index is 656. The van der Waals surface area contributed by atoms with Crippen LogP contribution in [0.25, 0.3) is 11.4 Å². The molecule has 0 N–H and O–H groups in total. The minimum atomic E-state index is -2.97. The van der Waals surface area contributed by atoms with Crippen molar-refractivity contribution in [2.75, 3.05) is 0 Å². The van der Waals surface area contributed by atoms with E-state index in [0.29, 0.717) is 0 Å². The van der Waals surface area contributed by atoms with Crippen molar-refractivity contribution in [3.05, 3.63) is 48.8 Å². The number of carbonyl (C=O) groups excluding carboxylic acids is 3. The maximum Gasteiger partial charge on any atom is 0.0886 e. The average molecular weight is 426 g/mol. The van der Waals surface area contributed by atoms with Crippen LogP contribution in [0.5, 0.6) is 0 Å². The van der Waals surface area contributed by atoms with Crippen molar-refractivity contribution in [2.24, 2.45) is 0 Å². The Hall–Kier alpha value is -2.30. The van der Waals surface area contributed by atoms with Crippen LogP contribution in [0, 0.1) is 0 Å². The van der Waals surface area contributed by atoms with Gasteiger partial charge in [-0.2, -0.15) is 0 Å². The molecule has 2 heterocycles. The van der Waals surface area contributed by atoms with Crippen molar-refractivity contribution in [3.8, 4) is 11.4 Å². The van der Waals surface area contributed by atoms with Crippen molar-refractivity contribution in [1.82, 2.24) is 9.97 Å². The maximum atomic E-state index is 9.40. The first-order chi connectivity index (χ1) is 9.31. The van der Waals surface area contributed by atoms with Gasteiger partial charge in [-0.05, 0) is 24.3 Å². The summed E-state index contributed by atoms with van der Waals surface area (Å²) in [6.45, 7) is 0. The Morgan fingerprint density at radius 3 is 1.37 bits per heavy atom. The van der Waals surface area contributed by atoms with Crippen LogP contribution < -0.4 is 0 Å². The minimum absolute atomic E-state index is 0.915. The predicted molar refractivity (Wildman–Crippen MR) is 64.5 cm³/mol. The molecule has 0 bridgehead atoms. The van der Waals surface area contributed by atoms with E-state index in [2.05, 4.69) is 9.97 Å². The second-order valence-electron chi connectivity index (χ2n) is 2.94. The van der Waals surface area contributed by atoms with E-state index >= 15 is 0 Å². The molecule has 2 aromatic rings. The average Bonchev–Trinajstić information content (AvgIpc) is 2.51. The summed E-state index contributed by atoms with van der Waals surface area (Å²) in [4.78, 5) is 36.6. The van der Waals surface area contributed by atoms with Gasteiger partial charge < -0.3 is 0 Å². The molecular formula is C13H8N2O3Re. The van der Waals surface area contributed by atoms with Crippen molar-refractivity contribution >= 4 is 13.1 Å². The van der Waals surface area contributed by atoms with Crippen LogP contribution in [0.3, 0.4) is 0 Å². The minimum Gasteiger partial charge on any atom is -0.255 e. The van der Waals surface area contributed by atoms with Crippen LogP contribution in [0.2, 0.25) is 0 Å². The molecule has 6 heteroatoms. The molecule has 0 spiro atoms. The molecule has 0 amide bonds. The summed E-state index contributed by atoms with van der Waals surface area (Å²) in [5, 5.41) is 0. The molecule has 0 aliphatic heterocycles. The smallest absolute Gasteiger partial charge is 0.0886 e. The molecule has 2 rings (SSSR count). The van der Waals surface area contributed by atoms with Gasteiger partial charge in [0.05, 0.1) is 11.4 Å². The van der Waals surface area contributed by atoms with E-state index in [1.54, 1.807) is 12.4 Å². The molecule has 0 unspecified atom stereocenters. The molecule has 0 atom stereocenters. The van der Waals surface area contributed by atoms with Gasteiger partial charge in [-0.1, -0.05) is 12.1 Å². The zero-order chi connectivity index (χ0) is 13.9. The van der Waals surface area contributed by atoms with Gasteiger partial charge in [-0.25, -0.2) is 0 Å². The van der Waals surface area contributed by atoms with Crippen LogP contribution in [-0.4, -0.2) is 23.0 Å². The Kier molecular flexibility index (Phi) is 6.79. The van der Waals surface area contributed by atoms with E-state index in [9.17, 15) is 14.4 Å². The first-order valence-corrected chi connectivity index (χ1v) is 9.04. The normalized spacial score (nSPS) is 8.00. The predicted octanol–water partition coefficient (Wildman–Crippen LogP) is 0.950. The van der Waals surface area contributed by atoms with E-state index in [-0.39, 0.29) is 0 Å². The third kappa shape index (κ3) is 5.25. The molecule has 0 saturated carbocycles. The third-order valence-corrected chi connectivity index (χ3v) is 3.49. The van der Waals surface area contributed by atoms with Crippen LogP contribution >= 0.6 is 0 Å². The zero-order valence-corrected chi connectivity index (χ0v) is 12.3. The van der Waals surface area contributed by atoms with Gasteiger partial charge in [0.15, 0.2) is 0 Å². The van der Waals surface area contributed by atoms with Crippen molar-refractivity contribution in [1.29, 1.82) is 0 Å². The molecule has 0 aromatic carbocycles. The maximum absolute atomic E-state index is 9.40. The molecule has 0 fully saturated rings. The van der Waals surface area contributed by atoms with E-state index in [1.165, 1.54) is 13.1 Å². The van der Waals surface area contributed by atoms with Crippen molar-refractivity contribution in [3.63, 3.8) is 0 Å². The van der Waals surface area contributed by atoms with E-state index < -0.39 is 15.4 Å². The molecule has 19 heavy (non-hydrogen) atoms. The third-order valence-electron chi connectivity index (χ3n) is 1.82. The summed E-state index contributed by atoms with van der Waals surface area (Å²) in [6.07, 6.45) is 3.54. The fourth-order valence-corrected chi connectivity index (χ4v) is 1.42. The first kappa shape index (κ1) is 14.8. The van der Waals surface area contributed by atoms with E-state index in [4.69, 9.17) is 0 Å². The van der Waals surface area contributed by atoms with Crippen LogP contribution in [0.1, 0.15) is 0 Å². The number of rotatable bonds is 1. The van der Waals surface area contributed by atoms with Gasteiger partial charge in [0.25, 0.3) is 0 Å². The second-order valence-corrected chi connectivity index (χ2v) is 6.64. The van der Waals surface area contributed by atoms with E-state index in [1.807, 2.05) is 36.4 Å². The van der Waals surface area contributed by atoms with E-state index in [0.717, 1.165) is 11.4 Å². The number of pyridine rings is 2. The van der Waals surface area contributed by atoms with Crippen molar-refractivity contribution in [2.45, 2.75) is 0 Å². The number of nitrogens with zero attached hydrogens (tertiary/aromatic N) is 2. The van der Waals surface area contributed by atoms with Gasteiger partial charge in [0.1, 0.15) is 0 Å².